The van der Waals surface area contributed by atoms with Crippen molar-refractivity contribution in [2.24, 2.45) is 0 Å². The second kappa shape index (κ2) is 6.95. The number of hydrogen-bond acceptors (Lipinski definition) is 4. The van der Waals surface area contributed by atoms with Gasteiger partial charge in [-0.15, -0.1) is 0 Å². The molecule has 0 fully saturated rings. The molecule has 0 radical (unpaired) electrons. The number of nitrogens with one attached hydrogen (secondary N) is 1. The van der Waals surface area contributed by atoms with Crippen molar-refractivity contribution in [1.29, 1.82) is 0 Å². The molecule has 8 heteroatoms. The fourth-order valence-electron chi connectivity index (χ4n) is 2.49. The van der Waals surface area contributed by atoms with Gasteiger partial charge in [0.15, 0.2) is 5.13 Å². The van der Waals surface area contributed by atoms with Crippen LogP contribution in [-0.4, -0.2) is 17.5 Å². The summed E-state index contributed by atoms with van der Waals surface area (Å²) >= 11 is 0.990. The van der Waals surface area contributed by atoms with Crippen molar-refractivity contribution in [1.82, 2.24) is 4.98 Å². The summed E-state index contributed by atoms with van der Waals surface area (Å²) < 4.78 is 44.3. The Morgan fingerprint density at radius 1 is 1.27 bits per heavy atom. The minimum Gasteiger partial charge on any atom is -0.493 e. The van der Waals surface area contributed by atoms with Crippen molar-refractivity contribution >= 4 is 32.6 Å². The average molecular weight is 380 g/mol. The van der Waals surface area contributed by atoms with Gasteiger partial charge in [-0.05, 0) is 43.7 Å². The highest BCUT2D eigenvalue weighted by Crippen LogP contribution is 2.34. The van der Waals surface area contributed by atoms with E-state index < -0.39 is 17.6 Å². The molecule has 136 valence electrons. The van der Waals surface area contributed by atoms with Gasteiger partial charge in [-0.1, -0.05) is 23.5 Å². The van der Waals surface area contributed by atoms with Crippen LogP contribution in [0.3, 0.4) is 0 Å². The summed E-state index contributed by atoms with van der Waals surface area (Å²) in [4.78, 5) is 16.7. The minimum absolute atomic E-state index is 0.230. The van der Waals surface area contributed by atoms with Crippen LogP contribution in [0.4, 0.5) is 18.3 Å². The summed E-state index contributed by atoms with van der Waals surface area (Å²) in [5.41, 5.74) is 0.817. The molecule has 0 saturated carbocycles. The summed E-state index contributed by atoms with van der Waals surface area (Å²) in [7, 11) is 0. The van der Waals surface area contributed by atoms with E-state index in [2.05, 4.69) is 10.3 Å². The third-order valence-electron chi connectivity index (χ3n) is 3.68. The summed E-state index contributed by atoms with van der Waals surface area (Å²) in [6.45, 7) is 4.06. The normalized spacial score (nSPS) is 11.6. The van der Waals surface area contributed by atoms with Gasteiger partial charge < -0.3 is 4.74 Å². The van der Waals surface area contributed by atoms with E-state index in [9.17, 15) is 18.0 Å². The minimum atomic E-state index is -4.42. The van der Waals surface area contributed by atoms with Crippen LogP contribution in [0, 0.1) is 6.92 Å². The number of aromatic nitrogens is 1. The second-order valence-electron chi connectivity index (χ2n) is 5.54. The number of nitrogens with zero attached hydrogens (tertiary/aromatic N) is 1. The molecule has 0 aliphatic rings. The van der Waals surface area contributed by atoms with E-state index >= 15 is 0 Å². The number of aryl methyl sites for hydroxylation is 1. The van der Waals surface area contributed by atoms with E-state index in [1.165, 1.54) is 6.07 Å². The molecule has 4 nitrogen and oxygen atoms in total. The number of ether oxygens (including phenoxy) is 1. The largest absolute Gasteiger partial charge is 0.493 e. The maximum atomic E-state index is 12.8. The summed E-state index contributed by atoms with van der Waals surface area (Å²) in [5, 5.41) is 2.87. The lowest BCUT2D eigenvalue weighted by Crippen LogP contribution is -2.14. The first-order valence-electron chi connectivity index (χ1n) is 7.81. The first kappa shape index (κ1) is 18.2. The Labute approximate surface area is 151 Å². The number of carbonyl (C=O) groups is 1. The number of fused-ring (bicyclic) bond motifs is 1. The predicted molar refractivity (Wildman–Crippen MR) is 94.9 cm³/mol. The van der Waals surface area contributed by atoms with Crippen LogP contribution < -0.4 is 10.1 Å². The molecular formula is C18H15F3N2O2S. The Bertz CT molecular complexity index is 967. The third kappa shape index (κ3) is 3.65. The Morgan fingerprint density at radius 3 is 2.73 bits per heavy atom. The van der Waals surface area contributed by atoms with Gasteiger partial charge in [0.1, 0.15) is 5.75 Å². The van der Waals surface area contributed by atoms with Crippen molar-refractivity contribution in [3.63, 3.8) is 0 Å². The number of alkyl halides is 3. The molecule has 26 heavy (non-hydrogen) atoms. The fraction of sp³-hybridized carbons (Fsp3) is 0.222. The molecule has 1 aromatic heterocycles. The van der Waals surface area contributed by atoms with Gasteiger partial charge in [0.2, 0.25) is 0 Å². The topological polar surface area (TPSA) is 51.2 Å². The smallest absolute Gasteiger partial charge is 0.416 e. The number of anilines is 1. The van der Waals surface area contributed by atoms with Crippen LogP contribution in [0.25, 0.3) is 10.2 Å². The van der Waals surface area contributed by atoms with Gasteiger partial charge in [-0.3, -0.25) is 10.1 Å². The number of thiazole rings is 1. The molecule has 1 heterocycles. The van der Waals surface area contributed by atoms with E-state index in [-0.39, 0.29) is 5.13 Å². The third-order valence-corrected chi connectivity index (χ3v) is 4.62. The SMILES string of the molecule is CCOc1c(C)cccc1C(=O)Nc1nc2ccc(C(F)(F)F)cc2s1. The molecule has 0 aliphatic heterocycles. The zero-order chi connectivity index (χ0) is 18.9. The number of hydrogen-bond donors (Lipinski definition) is 1. The quantitative estimate of drug-likeness (QED) is 0.670. The predicted octanol–water partition coefficient (Wildman–Crippen LogP) is 5.27. The molecular weight excluding hydrogens is 365 g/mol. The molecule has 2 aromatic carbocycles. The van der Waals surface area contributed by atoms with Crippen molar-refractivity contribution < 1.29 is 22.7 Å². The zero-order valence-corrected chi connectivity index (χ0v) is 14.8. The van der Waals surface area contributed by atoms with Crippen LogP contribution in [0.1, 0.15) is 28.4 Å². The first-order chi connectivity index (χ1) is 12.3. The molecule has 1 amide bonds. The van der Waals surface area contributed by atoms with E-state index in [0.29, 0.717) is 28.1 Å². The lowest BCUT2D eigenvalue weighted by atomic mass is 10.1. The Balaban J connectivity index is 1.89. The summed E-state index contributed by atoms with van der Waals surface area (Å²) in [6, 6.07) is 8.49. The highest BCUT2D eigenvalue weighted by Gasteiger charge is 2.30. The van der Waals surface area contributed by atoms with Crippen molar-refractivity contribution in [3.8, 4) is 5.75 Å². The molecule has 1 N–H and O–H groups in total. The molecule has 0 spiro atoms. The molecule has 0 atom stereocenters. The zero-order valence-electron chi connectivity index (χ0n) is 14.0. The van der Waals surface area contributed by atoms with Crippen LogP contribution in [0.2, 0.25) is 0 Å². The highest BCUT2D eigenvalue weighted by molar-refractivity contribution is 7.22. The maximum absolute atomic E-state index is 12.8. The summed E-state index contributed by atoms with van der Waals surface area (Å²) in [5.74, 6) is 0.0558. The molecule has 3 rings (SSSR count). The van der Waals surface area contributed by atoms with Gasteiger partial charge >= 0.3 is 6.18 Å². The number of carbonyl (C=O) groups excluding carboxylic acids is 1. The van der Waals surface area contributed by atoms with E-state index in [4.69, 9.17) is 4.74 Å². The number of benzene rings is 2. The summed E-state index contributed by atoms with van der Waals surface area (Å²) in [6.07, 6.45) is -4.42. The van der Waals surface area contributed by atoms with E-state index in [1.807, 2.05) is 19.9 Å². The van der Waals surface area contributed by atoms with Gasteiger partial charge in [-0.2, -0.15) is 13.2 Å². The van der Waals surface area contributed by atoms with Crippen LogP contribution in [0.15, 0.2) is 36.4 Å². The van der Waals surface area contributed by atoms with Gasteiger partial charge in [0, 0.05) is 0 Å². The van der Waals surface area contributed by atoms with Gasteiger partial charge in [0.05, 0.1) is 28.0 Å². The Morgan fingerprint density at radius 2 is 2.04 bits per heavy atom. The fourth-order valence-corrected chi connectivity index (χ4v) is 3.39. The first-order valence-corrected chi connectivity index (χ1v) is 8.62. The molecule has 3 aromatic rings. The average Bonchev–Trinajstić information content (AvgIpc) is 2.97. The van der Waals surface area contributed by atoms with E-state index in [1.54, 1.807) is 12.1 Å². The van der Waals surface area contributed by atoms with Crippen molar-refractivity contribution in [3.05, 3.63) is 53.1 Å². The lowest BCUT2D eigenvalue weighted by molar-refractivity contribution is -0.137. The number of rotatable bonds is 4. The van der Waals surface area contributed by atoms with Gasteiger partial charge in [0.25, 0.3) is 5.91 Å². The van der Waals surface area contributed by atoms with Crippen LogP contribution in [-0.2, 0) is 6.18 Å². The van der Waals surface area contributed by atoms with E-state index in [0.717, 1.165) is 29.0 Å². The monoisotopic (exact) mass is 380 g/mol. The second-order valence-corrected chi connectivity index (χ2v) is 6.57. The Kier molecular flexibility index (Phi) is 4.86. The van der Waals surface area contributed by atoms with Crippen LogP contribution >= 0.6 is 11.3 Å². The maximum Gasteiger partial charge on any atom is 0.416 e. The molecule has 0 bridgehead atoms. The number of para-hydroxylation sites is 1. The molecule has 0 aliphatic carbocycles. The van der Waals surface area contributed by atoms with Gasteiger partial charge in [-0.25, -0.2) is 4.98 Å². The highest BCUT2D eigenvalue weighted by atomic mass is 32.1. The number of halogens is 3. The standard InChI is InChI=1S/C18H15F3N2O2S/c1-3-25-15-10(2)5-4-6-12(15)16(24)23-17-22-13-8-7-11(18(19,20)21)9-14(13)26-17/h4-9H,3H2,1-2H3,(H,22,23,24). The Hall–Kier alpha value is -2.61. The van der Waals surface area contributed by atoms with Crippen molar-refractivity contribution in [2.45, 2.75) is 20.0 Å². The molecule has 0 unspecified atom stereocenters. The van der Waals surface area contributed by atoms with Crippen LogP contribution in [0.5, 0.6) is 5.75 Å². The molecule has 0 saturated heterocycles. The van der Waals surface area contributed by atoms with Crippen molar-refractivity contribution in [2.75, 3.05) is 11.9 Å². The number of amides is 1. The lowest BCUT2D eigenvalue weighted by Gasteiger charge is -2.12.